The van der Waals surface area contributed by atoms with Gasteiger partial charge in [0.05, 0.1) is 25.5 Å². The molecule has 0 aliphatic carbocycles. The summed E-state index contributed by atoms with van der Waals surface area (Å²) in [7, 11) is 1.48. The third-order valence-electron chi connectivity index (χ3n) is 5.47. The van der Waals surface area contributed by atoms with Gasteiger partial charge in [0.1, 0.15) is 11.5 Å². The van der Waals surface area contributed by atoms with E-state index in [0.717, 1.165) is 25.7 Å². The van der Waals surface area contributed by atoms with Gasteiger partial charge in [-0.25, -0.2) is 10.2 Å². The number of unbranched alkanes of at least 4 members (excludes halogenated alkanes) is 1. The molecule has 38 heavy (non-hydrogen) atoms. The largest absolute Gasteiger partial charge is 0.494 e. The van der Waals surface area contributed by atoms with Crippen molar-refractivity contribution < 1.29 is 28.5 Å². The van der Waals surface area contributed by atoms with E-state index in [4.69, 9.17) is 18.9 Å². The fourth-order valence-electron chi connectivity index (χ4n) is 3.41. The second-order valence-electron chi connectivity index (χ2n) is 8.50. The van der Waals surface area contributed by atoms with Gasteiger partial charge >= 0.3 is 5.97 Å². The maximum absolute atomic E-state index is 12.6. The number of ether oxygens (including phenoxy) is 4. The van der Waals surface area contributed by atoms with Crippen molar-refractivity contribution in [3.8, 4) is 23.0 Å². The van der Waals surface area contributed by atoms with Crippen molar-refractivity contribution in [2.24, 2.45) is 5.10 Å². The van der Waals surface area contributed by atoms with Crippen LogP contribution >= 0.6 is 0 Å². The Bertz CT molecular complexity index is 1210. The zero-order valence-electron chi connectivity index (χ0n) is 22.1. The summed E-state index contributed by atoms with van der Waals surface area (Å²) in [5.74, 6) is 1.02. The molecule has 3 rings (SSSR count). The molecular weight excluding hydrogens is 484 g/mol. The second-order valence-corrected chi connectivity index (χ2v) is 8.50. The highest BCUT2D eigenvalue weighted by molar-refractivity contribution is 5.92. The van der Waals surface area contributed by atoms with Crippen LogP contribution in [0.15, 0.2) is 71.8 Å². The van der Waals surface area contributed by atoms with Gasteiger partial charge in [-0.1, -0.05) is 32.4 Å². The first-order valence-electron chi connectivity index (χ1n) is 12.7. The standard InChI is InChI=1S/C30H34N2O6/c1-4-6-7-22-8-13-26(14-9-22)37-21-29(33)32-31-20-23-10-17-27(28(19-23)35-3)38-30(34)24-11-15-25(16-12-24)36-18-5-2/h8-17,19-20H,4-7,18,21H2,1-3H3,(H,32,33)/b31-20-. The third kappa shape index (κ3) is 8.96. The first-order valence-corrected chi connectivity index (χ1v) is 12.7. The van der Waals surface area contributed by atoms with Gasteiger partial charge in [-0.2, -0.15) is 5.10 Å². The predicted molar refractivity (Wildman–Crippen MR) is 146 cm³/mol. The molecule has 0 spiro atoms. The summed E-state index contributed by atoms with van der Waals surface area (Å²) >= 11 is 0. The van der Waals surface area contributed by atoms with E-state index in [-0.39, 0.29) is 18.3 Å². The topological polar surface area (TPSA) is 95.5 Å². The minimum Gasteiger partial charge on any atom is -0.494 e. The maximum Gasteiger partial charge on any atom is 0.343 e. The molecule has 0 unspecified atom stereocenters. The van der Waals surface area contributed by atoms with Gasteiger partial charge in [-0.15, -0.1) is 0 Å². The van der Waals surface area contributed by atoms with E-state index >= 15 is 0 Å². The Morgan fingerprint density at radius 3 is 2.26 bits per heavy atom. The molecule has 0 radical (unpaired) electrons. The van der Waals surface area contributed by atoms with Gasteiger partial charge in [0.15, 0.2) is 18.1 Å². The Kier molecular flexibility index (Phi) is 11.2. The van der Waals surface area contributed by atoms with Crippen LogP contribution in [0.1, 0.15) is 54.6 Å². The molecule has 8 heteroatoms. The van der Waals surface area contributed by atoms with Crippen LogP contribution in [-0.4, -0.2) is 38.4 Å². The molecule has 0 aromatic heterocycles. The predicted octanol–water partition coefficient (Wildman–Crippen LogP) is 5.57. The van der Waals surface area contributed by atoms with Crippen molar-refractivity contribution in [1.29, 1.82) is 0 Å². The zero-order valence-corrected chi connectivity index (χ0v) is 22.1. The van der Waals surface area contributed by atoms with Crippen LogP contribution in [-0.2, 0) is 11.2 Å². The van der Waals surface area contributed by atoms with Crippen molar-refractivity contribution in [3.05, 3.63) is 83.4 Å². The lowest BCUT2D eigenvalue weighted by atomic mass is 10.1. The molecule has 0 fully saturated rings. The summed E-state index contributed by atoms with van der Waals surface area (Å²) in [5, 5.41) is 3.96. The fourth-order valence-corrected chi connectivity index (χ4v) is 3.41. The van der Waals surface area contributed by atoms with Crippen LogP contribution < -0.4 is 24.4 Å². The average molecular weight is 519 g/mol. The number of benzene rings is 3. The van der Waals surface area contributed by atoms with Crippen molar-refractivity contribution in [1.82, 2.24) is 5.43 Å². The number of carbonyl (C=O) groups is 2. The van der Waals surface area contributed by atoms with Crippen LogP contribution in [0.25, 0.3) is 0 Å². The molecule has 8 nitrogen and oxygen atoms in total. The Balaban J connectivity index is 1.50. The summed E-state index contributed by atoms with van der Waals surface area (Å²) in [6, 6.07) is 19.4. The highest BCUT2D eigenvalue weighted by atomic mass is 16.6. The molecule has 0 aliphatic rings. The quantitative estimate of drug-likeness (QED) is 0.130. The number of rotatable bonds is 14. The number of aryl methyl sites for hydroxylation is 1. The van der Waals surface area contributed by atoms with Gasteiger partial charge in [0, 0.05) is 0 Å². The van der Waals surface area contributed by atoms with Gasteiger partial charge in [0.25, 0.3) is 5.91 Å². The van der Waals surface area contributed by atoms with Crippen molar-refractivity contribution in [2.45, 2.75) is 39.5 Å². The normalized spacial score (nSPS) is 10.7. The SMILES string of the molecule is CCCCc1ccc(OCC(=O)N/N=C\c2ccc(OC(=O)c3ccc(OCCC)cc3)c(OC)c2)cc1. The Morgan fingerprint density at radius 2 is 1.58 bits per heavy atom. The molecule has 0 aliphatic heterocycles. The van der Waals surface area contributed by atoms with E-state index in [1.54, 1.807) is 42.5 Å². The summed E-state index contributed by atoms with van der Waals surface area (Å²) in [6.07, 6.45) is 5.68. The maximum atomic E-state index is 12.6. The van der Waals surface area contributed by atoms with Crippen LogP contribution in [0.5, 0.6) is 23.0 Å². The van der Waals surface area contributed by atoms with E-state index in [2.05, 4.69) is 17.5 Å². The number of amides is 1. The first-order chi connectivity index (χ1) is 18.5. The van der Waals surface area contributed by atoms with Crippen molar-refractivity contribution in [3.63, 3.8) is 0 Å². The average Bonchev–Trinajstić information content (AvgIpc) is 2.95. The lowest BCUT2D eigenvalue weighted by molar-refractivity contribution is -0.123. The number of esters is 1. The molecular formula is C30H34N2O6. The third-order valence-corrected chi connectivity index (χ3v) is 5.47. The number of nitrogens with zero attached hydrogens (tertiary/aromatic N) is 1. The smallest absolute Gasteiger partial charge is 0.343 e. The molecule has 0 saturated heterocycles. The number of hydrazone groups is 1. The van der Waals surface area contributed by atoms with Crippen LogP contribution in [0, 0.1) is 0 Å². The van der Waals surface area contributed by atoms with Crippen molar-refractivity contribution in [2.75, 3.05) is 20.3 Å². The van der Waals surface area contributed by atoms with Crippen molar-refractivity contribution >= 4 is 18.1 Å². The second kappa shape index (κ2) is 15.0. The van der Waals surface area contributed by atoms with Gasteiger partial charge in [0.2, 0.25) is 0 Å². The highest BCUT2D eigenvalue weighted by Gasteiger charge is 2.13. The van der Waals surface area contributed by atoms with E-state index in [1.807, 2.05) is 31.2 Å². The number of hydrogen-bond donors (Lipinski definition) is 1. The summed E-state index contributed by atoms with van der Waals surface area (Å²) < 4.78 is 21.9. The number of hydrogen-bond acceptors (Lipinski definition) is 7. The molecule has 0 atom stereocenters. The fraction of sp³-hybridized carbons (Fsp3) is 0.300. The Hall–Kier alpha value is -4.33. The molecule has 0 heterocycles. The van der Waals surface area contributed by atoms with E-state index in [0.29, 0.717) is 35.0 Å². The summed E-state index contributed by atoms with van der Waals surface area (Å²) in [6.45, 7) is 4.64. The monoisotopic (exact) mass is 518 g/mol. The molecule has 3 aromatic rings. The van der Waals surface area contributed by atoms with Gasteiger partial charge in [-0.3, -0.25) is 4.79 Å². The molecule has 0 bridgehead atoms. The van der Waals surface area contributed by atoms with E-state index < -0.39 is 5.97 Å². The van der Waals surface area contributed by atoms with Crippen LogP contribution in [0.4, 0.5) is 0 Å². The van der Waals surface area contributed by atoms with Crippen LogP contribution in [0.2, 0.25) is 0 Å². The minimum absolute atomic E-state index is 0.157. The Labute approximate surface area is 223 Å². The molecule has 1 amide bonds. The number of nitrogens with one attached hydrogen (secondary N) is 1. The van der Waals surface area contributed by atoms with Gasteiger partial charge < -0.3 is 18.9 Å². The molecule has 3 aromatic carbocycles. The molecule has 1 N–H and O–H groups in total. The Morgan fingerprint density at radius 1 is 0.868 bits per heavy atom. The van der Waals surface area contributed by atoms with Crippen LogP contribution in [0.3, 0.4) is 0 Å². The minimum atomic E-state index is -0.519. The highest BCUT2D eigenvalue weighted by Crippen LogP contribution is 2.28. The number of methoxy groups -OCH3 is 1. The zero-order chi connectivity index (χ0) is 27.2. The van der Waals surface area contributed by atoms with Gasteiger partial charge in [-0.05, 0) is 85.0 Å². The molecule has 0 saturated carbocycles. The van der Waals surface area contributed by atoms with E-state index in [1.165, 1.54) is 18.9 Å². The first kappa shape index (κ1) is 28.2. The van der Waals surface area contributed by atoms with E-state index in [9.17, 15) is 9.59 Å². The number of carbonyl (C=O) groups excluding carboxylic acids is 2. The summed E-state index contributed by atoms with van der Waals surface area (Å²) in [5.41, 5.74) is 4.71. The summed E-state index contributed by atoms with van der Waals surface area (Å²) in [4.78, 5) is 24.6. The molecule has 200 valence electrons. The lowest BCUT2D eigenvalue weighted by Crippen LogP contribution is -2.24. The lowest BCUT2D eigenvalue weighted by Gasteiger charge is -2.10.